The van der Waals surface area contributed by atoms with Crippen molar-refractivity contribution in [2.24, 2.45) is 5.92 Å². The zero-order chi connectivity index (χ0) is 22.1. The first-order valence-corrected chi connectivity index (χ1v) is 12.1. The maximum absolute atomic E-state index is 13.3. The Bertz CT molecular complexity index is 1000. The largest absolute Gasteiger partial charge is 0.332 e. The molecule has 1 aromatic carbocycles. The van der Waals surface area contributed by atoms with Gasteiger partial charge in [0.25, 0.3) is 0 Å². The molecule has 168 valence electrons. The molecule has 3 heterocycles. The van der Waals surface area contributed by atoms with E-state index in [2.05, 4.69) is 0 Å². The quantitative estimate of drug-likeness (QED) is 0.713. The number of carbonyl (C=O) groups excluding carboxylic acids is 2. The average molecular weight is 433 g/mol. The van der Waals surface area contributed by atoms with Crippen LogP contribution in [0.15, 0.2) is 30.3 Å². The van der Waals surface area contributed by atoms with Crippen LogP contribution in [0, 0.1) is 12.8 Å². The van der Waals surface area contributed by atoms with Crippen molar-refractivity contribution in [3.05, 3.63) is 53.0 Å². The Morgan fingerprint density at radius 2 is 1.78 bits per heavy atom. The van der Waals surface area contributed by atoms with Crippen LogP contribution in [0.25, 0.3) is 0 Å². The third-order valence-electron chi connectivity index (χ3n) is 7.33. The first kappa shape index (κ1) is 21.1. The summed E-state index contributed by atoms with van der Waals surface area (Å²) >= 11 is 0. The molecule has 1 aliphatic carbocycles. The van der Waals surface area contributed by atoms with Crippen molar-refractivity contribution in [1.29, 1.82) is 0 Å². The Morgan fingerprint density at radius 1 is 1.00 bits per heavy atom. The number of carbonyl (C=O) groups is 2. The normalized spacial score (nSPS) is 21.7. The minimum atomic E-state index is -0.0796. The van der Waals surface area contributed by atoms with Gasteiger partial charge in [-0.15, -0.1) is 0 Å². The van der Waals surface area contributed by atoms with Gasteiger partial charge in [0.15, 0.2) is 5.82 Å². The van der Waals surface area contributed by atoms with Crippen LogP contribution in [0.2, 0.25) is 0 Å². The molecule has 0 unspecified atom stereocenters. The minimum Gasteiger partial charge on any atom is -0.332 e. The van der Waals surface area contributed by atoms with Gasteiger partial charge in [0, 0.05) is 30.1 Å². The van der Waals surface area contributed by atoms with E-state index in [0.29, 0.717) is 25.2 Å². The monoisotopic (exact) mass is 432 g/mol. The Labute approximate surface area is 190 Å². The molecule has 0 bridgehead atoms. The standard InChI is InChI=1S/C26H32N4O2/c1-18-21-14-15-23(31)30(17-19-9-4-2-5-10-19)25(21)28-24(27-18)22-13-8-16-29(22)26(32)20-11-6-3-7-12-20/h2,4-5,9-10,20,22H,3,6-8,11-17H2,1H3/t22-/m1/s1. The molecule has 0 N–H and O–H groups in total. The van der Waals surface area contributed by atoms with Gasteiger partial charge in [-0.25, -0.2) is 9.97 Å². The molecule has 1 atom stereocenters. The summed E-state index contributed by atoms with van der Waals surface area (Å²) in [6.07, 6.45) is 8.60. The van der Waals surface area contributed by atoms with Gasteiger partial charge in [0.2, 0.25) is 11.8 Å². The zero-order valence-electron chi connectivity index (χ0n) is 18.9. The third kappa shape index (κ3) is 4.03. The van der Waals surface area contributed by atoms with Gasteiger partial charge < -0.3 is 4.90 Å². The van der Waals surface area contributed by atoms with Crippen molar-refractivity contribution in [3.63, 3.8) is 0 Å². The van der Waals surface area contributed by atoms with Crippen LogP contribution in [-0.4, -0.2) is 33.2 Å². The Hall–Kier alpha value is -2.76. The van der Waals surface area contributed by atoms with Crippen LogP contribution in [0.3, 0.4) is 0 Å². The van der Waals surface area contributed by atoms with Gasteiger partial charge in [-0.1, -0.05) is 49.6 Å². The smallest absolute Gasteiger partial charge is 0.228 e. The fourth-order valence-corrected chi connectivity index (χ4v) is 5.56. The van der Waals surface area contributed by atoms with Crippen LogP contribution in [0.1, 0.15) is 80.1 Å². The maximum Gasteiger partial charge on any atom is 0.228 e. The summed E-state index contributed by atoms with van der Waals surface area (Å²) in [7, 11) is 0. The summed E-state index contributed by atoms with van der Waals surface area (Å²) in [6, 6.07) is 9.97. The number of benzene rings is 1. The number of hydrogen-bond donors (Lipinski definition) is 0. The van der Waals surface area contributed by atoms with Gasteiger partial charge >= 0.3 is 0 Å². The first-order chi connectivity index (χ1) is 15.6. The Kier molecular flexibility index (Phi) is 5.94. The van der Waals surface area contributed by atoms with E-state index in [-0.39, 0.29) is 23.8 Å². The van der Waals surface area contributed by atoms with E-state index in [9.17, 15) is 9.59 Å². The zero-order valence-corrected chi connectivity index (χ0v) is 18.9. The summed E-state index contributed by atoms with van der Waals surface area (Å²) in [5.41, 5.74) is 3.08. The number of amides is 2. The number of likely N-dealkylation sites (tertiary alicyclic amines) is 1. The SMILES string of the molecule is Cc1nc([C@H]2CCCN2C(=O)C2CCCCC2)nc2c1CCC(=O)N2Cc1ccccc1. The van der Waals surface area contributed by atoms with Gasteiger partial charge in [0.05, 0.1) is 12.6 Å². The van der Waals surface area contributed by atoms with Crippen molar-refractivity contribution in [3.8, 4) is 0 Å². The van der Waals surface area contributed by atoms with E-state index >= 15 is 0 Å². The molecule has 1 saturated carbocycles. The maximum atomic E-state index is 13.3. The number of aryl methyl sites for hydroxylation is 1. The lowest BCUT2D eigenvalue weighted by atomic mass is 9.88. The molecule has 0 radical (unpaired) electrons. The lowest BCUT2D eigenvalue weighted by Crippen LogP contribution is -2.39. The molecule has 6 heteroatoms. The van der Waals surface area contributed by atoms with Crippen molar-refractivity contribution in [2.75, 3.05) is 11.4 Å². The average Bonchev–Trinajstić information content (AvgIpc) is 3.31. The topological polar surface area (TPSA) is 66.4 Å². The van der Waals surface area contributed by atoms with E-state index in [4.69, 9.17) is 9.97 Å². The molecule has 1 aromatic heterocycles. The van der Waals surface area contributed by atoms with E-state index < -0.39 is 0 Å². The van der Waals surface area contributed by atoms with Crippen LogP contribution >= 0.6 is 0 Å². The van der Waals surface area contributed by atoms with Crippen molar-refractivity contribution < 1.29 is 9.59 Å². The number of rotatable bonds is 4. The number of anilines is 1. The number of aromatic nitrogens is 2. The highest BCUT2D eigenvalue weighted by atomic mass is 16.2. The van der Waals surface area contributed by atoms with Crippen LogP contribution in [0.5, 0.6) is 0 Å². The summed E-state index contributed by atoms with van der Waals surface area (Å²) in [4.78, 5) is 39.9. The highest BCUT2D eigenvalue weighted by Crippen LogP contribution is 2.37. The molecule has 1 saturated heterocycles. The Morgan fingerprint density at radius 3 is 2.56 bits per heavy atom. The van der Waals surface area contributed by atoms with Crippen LogP contribution < -0.4 is 4.90 Å². The molecule has 6 nitrogen and oxygen atoms in total. The number of fused-ring (bicyclic) bond motifs is 1. The first-order valence-electron chi connectivity index (χ1n) is 12.1. The molecule has 2 fully saturated rings. The predicted molar refractivity (Wildman–Crippen MR) is 123 cm³/mol. The van der Waals surface area contributed by atoms with Gasteiger partial charge in [-0.3, -0.25) is 14.5 Å². The lowest BCUT2D eigenvalue weighted by Gasteiger charge is -2.32. The number of nitrogens with zero attached hydrogens (tertiary/aromatic N) is 4. The molecule has 3 aliphatic rings. The summed E-state index contributed by atoms with van der Waals surface area (Å²) in [6.45, 7) is 3.31. The van der Waals surface area contributed by atoms with Gasteiger partial charge in [-0.05, 0) is 44.6 Å². The second kappa shape index (κ2) is 9.00. The molecule has 2 amide bonds. The molecule has 2 aliphatic heterocycles. The summed E-state index contributed by atoms with van der Waals surface area (Å²) in [5, 5.41) is 0. The molecule has 0 spiro atoms. The van der Waals surface area contributed by atoms with Crippen LogP contribution in [0.4, 0.5) is 5.82 Å². The Balaban J connectivity index is 1.46. The fraction of sp³-hybridized carbons (Fsp3) is 0.538. The predicted octanol–water partition coefficient (Wildman–Crippen LogP) is 4.51. The van der Waals surface area contributed by atoms with Gasteiger partial charge in [-0.2, -0.15) is 0 Å². The third-order valence-corrected chi connectivity index (χ3v) is 7.33. The lowest BCUT2D eigenvalue weighted by molar-refractivity contribution is -0.137. The highest BCUT2D eigenvalue weighted by Gasteiger charge is 2.37. The molecule has 5 rings (SSSR count). The minimum absolute atomic E-state index is 0.0796. The van der Waals surface area contributed by atoms with Gasteiger partial charge in [0.1, 0.15) is 5.82 Å². The van der Waals surface area contributed by atoms with Crippen molar-refractivity contribution >= 4 is 17.6 Å². The summed E-state index contributed by atoms with van der Waals surface area (Å²) in [5.74, 6) is 1.98. The van der Waals surface area contributed by atoms with Crippen molar-refractivity contribution in [2.45, 2.75) is 77.3 Å². The molecule has 2 aromatic rings. The summed E-state index contributed by atoms with van der Waals surface area (Å²) < 4.78 is 0. The number of hydrogen-bond acceptors (Lipinski definition) is 4. The second-order valence-electron chi connectivity index (χ2n) is 9.46. The molecular formula is C26H32N4O2. The van der Waals surface area contributed by atoms with Crippen molar-refractivity contribution in [1.82, 2.24) is 14.9 Å². The van der Waals surface area contributed by atoms with E-state index in [1.54, 1.807) is 0 Å². The highest BCUT2D eigenvalue weighted by molar-refractivity contribution is 5.95. The van der Waals surface area contributed by atoms with E-state index in [1.807, 2.05) is 47.1 Å². The van der Waals surface area contributed by atoms with E-state index in [1.165, 1.54) is 6.42 Å². The molecular weight excluding hydrogens is 400 g/mol. The van der Waals surface area contributed by atoms with E-state index in [0.717, 1.165) is 67.7 Å². The second-order valence-corrected chi connectivity index (χ2v) is 9.46. The molecule has 32 heavy (non-hydrogen) atoms. The fourth-order valence-electron chi connectivity index (χ4n) is 5.56. The van der Waals surface area contributed by atoms with Crippen LogP contribution in [-0.2, 0) is 22.6 Å².